The third-order valence-corrected chi connectivity index (χ3v) is 3.71. The molecule has 0 aromatic heterocycles. The molecule has 0 saturated carbocycles. The number of aryl methyl sites for hydroxylation is 1. The van der Waals surface area contributed by atoms with Gasteiger partial charge in [-0.05, 0) is 42.8 Å². The Morgan fingerprint density at radius 1 is 1.23 bits per heavy atom. The molecule has 0 aliphatic rings. The highest BCUT2D eigenvalue weighted by atomic mass is 79.9. The number of hydrogen-bond acceptors (Lipinski definition) is 3. The number of carbonyl (C=O) groups excluding carboxylic acids is 2. The summed E-state index contributed by atoms with van der Waals surface area (Å²) in [5.41, 5.74) is 1.80. The Kier molecular flexibility index (Phi) is 5.57. The summed E-state index contributed by atoms with van der Waals surface area (Å²) in [5, 5.41) is 2.98. The third kappa shape index (κ3) is 4.32. The van der Waals surface area contributed by atoms with Crippen LogP contribution in [-0.4, -0.2) is 18.5 Å². The van der Waals surface area contributed by atoms with Gasteiger partial charge in [0.25, 0.3) is 5.91 Å². The maximum absolute atomic E-state index is 11.8. The standard InChI is InChI=1S/C16H13BrClNO3/c1-10-8-11(17)6-7-14(10)19-15(20)9-22-16(21)12-4-2-3-5-13(12)18/h2-8H,9H2,1H3,(H,19,20). The Morgan fingerprint density at radius 3 is 2.64 bits per heavy atom. The van der Waals surface area contributed by atoms with Gasteiger partial charge in [-0.3, -0.25) is 4.79 Å². The van der Waals surface area contributed by atoms with Gasteiger partial charge in [0.05, 0.1) is 10.6 Å². The second kappa shape index (κ2) is 7.42. The first-order chi connectivity index (χ1) is 10.5. The molecular formula is C16H13BrClNO3. The van der Waals surface area contributed by atoms with Crippen LogP contribution in [0.3, 0.4) is 0 Å². The molecule has 1 N–H and O–H groups in total. The number of amides is 1. The lowest BCUT2D eigenvalue weighted by Gasteiger charge is -2.09. The monoisotopic (exact) mass is 381 g/mol. The molecule has 4 nitrogen and oxygen atoms in total. The van der Waals surface area contributed by atoms with E-state index in [9.17, 15) is 9.59 Å². The van der Waals surface area contributed by atoms with E-state index in [1.807, 2.05) is 19.1 Å². The van der Waals surface area contributed by atoms with Crippen LogP contribution in [0, 0.1) is 6.92 Å². The molecule has 0 heterocycles. The number of benzene rings is 2. The number of rotatable bonds is 4. The molecule has 0 saturated heterocycles. The zero-order valence-corrected chi connectivity index (χ0v) is 14.1. The molecule has 6 heteroatoms. The summed E-state index contributed by atoms with van der Waals surface area (Å²) in [6.07, 6.45) is 0. The molecule has 0 aliphatic carbocycles. The zero-order valence-electron chi connectivity index (χ0n) is 11.7. The maximum atomic E-state index is 11.8. The minimum atomic E-state index is -0.631. The minimum Gasteiger partial charge on any atom is -0.452 e. The highest BCUT2D eigenvalue weighted by Crippen LogP contribution is 2.20. The lowest BCUT2D eigenvalue weighted by molar-refractivity contribution is -0.119. The lowest BCUT2D eigenvalue weighted by atomic mass is 10.2. The summed E-state index contributed by atoms with van der Waals surface area (Å²) in [7, 11) is 0. The Bertz CT molecular complexity index is 718. The van der Waals surface area contributed by atoms with Crippen molar-refractivity contribution in [3.8, 4) is 0 Å². The first kappa shape index (κ1) is 16.5. The summed E-state index contributed by atoms with van der Waals surface area (Å²) in [6, 6.07) is 12.0. The van der Waals surface area contributed by atoms with Gasteiger partial charge in [-0.1, -0.05) is 39.7 Å². The van der Waals surface area contributed by atoms with Crippen LogP contribution in [-0.2, 0) is 9.53 Å². The molecule has 1 amide bonds. The van der Waals surface area contributed by atoms with Gasteiger partial charge < -0.3 is 10.1 Å². The summed E-state index contributed by atoms with van der Waals surface area (Å²) < 4.78 is 5.89. The molecule has 2 rings (SSSR count). The van der Waals surface area contributed by atoms with Gasteiger partial charge in [-0.25, -0.2) is 4.79 Å². The average molecular weight is 383 g/mol. The van der Waals surface area contributed by atoms with Gasteiger partial charge in [0, 0.05) is 10.2 Å². The number of halogens is 2. The van der Waals surface area contributed by atoms with Crippen molar-refractivity contribution in [1.82, 2.24) is 0 Å². The molecule has 0 unspecified atom stereocenters. The summed E-state index contributed by atoms with van der Waals surface area (Å²) in [4.78, 5) is 23.7. The van der Waals surface area contributed by atoms with E-state index < -0.39 is 11.9 Å². The topological polar surface area (TPSA) is 55.4 Å². The molecule has 114 valence electrons. The Morgan fingerprint density at radius 2 is 1.95 bits per heavy atom. The van der Waals surface area contributed by atoms with Crippen LogP contribution in [0.2, 0.25) is 5.02 Å². The smallest absolute Gasteiger partial charge is 0.340 e. The largest absolute Gasteiger partial charge is 0.452 e. The van der Waals surface area contributed by atoms with E-state index in [0.717, 1.165) is 10.0 Å². The Hall–Kier alpha value is -1.85. The van der Waals surface area contributed by atoms with Crippen molar-refractivity contribution in [2.45, 2.75) is 6.92 Å². The van der Waals surface area contributed by atoms with Crippen molar-refractivity contribution in [1.29, 1.82) is 0 Å². The fourth-order valence-corrected chi connectivity index (χ4v) is 2.48. The van der Waals surface area contributed by atoms with E-state index in [1.54, 1.807) is 30.3 Å². The predicted molar refractivity (Wildman–Crippen MR) is 89.2 cm³/mol. The maximum Gasteiger partial charge on any atom is 0.340 e. The Balaban J connectivity index is 1.93. The molecule has 0 spiro atoms. The van der Waals surface area contributed by atoms with Crippen molar-refractivity contribution >= 4 is 45.1 Å². The molecule has 0 aliphatic heterocycles. The number of esters is 1. The molecular weight excluding hydrogens is 370 g/mol. The van der Waals surface area contributed by atoms with Crippen LogP contribution in [0.5, 0.6) is 0 Å². The van der Waals surface area contributed by atoms with Gasteiger partial charge in [0.1, 0.15) is 0 Å². The molecule has 0 fully saturated rings. The van der Waals surface area contributed by atoms with Crippen molar-refractivity contribution in [2.24, 2.45) is 0 Å². The SMILES string of the molecule is Cc1cc(Br)ccc1NC(=O)COC(=O)c1ccccc1Cl. The highest BCUT2D eigenvalue weighted by molar-refractivity contribution is 9.10. The molecule has 0 atom stereocenters. The lowest BCUT2D eigenvalue weighted by Crippen LogP contribution is -2.21. The Labute approximate surface area is 141 Å². The van der Waals surface area contributed by atoms with E-state index in [2.05, 4.69) is 21.2 Å². The summed E-state index contributed by atoms with van der Waals surface area (Å²) in [6.45, 7) is 1.50. The van der Waals surface area contributed by atoms with Crippen LogP contribution < -0.4 is 5.32 Å². The van der Waals surface area contributed by atoms with Crippen LogP contribution in [0.1, 0.15) is 15.9 Å². The van der Waals surface area contributed by atoms with Crippen LogP contribution in [0.25, 0.3) is 0 Å². The van der Waals surface area contributed by atoms with Crippen LogP contribution >= 0.6 is 27.5 Å². The molecule has 0 radical (unpaired) electrons. The zero-order chi connectivity index (χ0) is 16.1. The van der Waals surface area contributed by atoms with E-state index in [0.29, 0.717) is 5.69 Å². The average Bonchev–Trinajstić information content (AvgIpc) is 2.48. The van der Waals surface area contributed by atoms with Gasteiger partial charge in [-0.15, -0.1) is 0 Å². The minimum absolute atomic E-state index is 0.233. The van der Waals surface area contributed by atoms with Gasteiger partial charge in [-0.2, -0.15) is 0 Å². The summed E-state index contributed by atoms with van der Waals surface area (Å²) >= 11 is 9.24. The van der Waals surface area contributed by atoms with Crippen LogP contribution in [0.15, 0.2) is 46.9 Å². The fraction of sp³-hybridized carbons (Fsp3) is 0.125. The van der Waals surface area contributed by atoms with Gasteiger partial charge in [0.15, 0.2) is 6.61 Å². The van der Waals surface area contributed by atoms with Crippen molar-refractivity contribution < 1.29 is 14.3 Å². The fourth-order valence-electron chi connectivity index (χ4n) is 1.79. The second-order valence-corrected chi connectivity index (χ2v) is 5.89. The van der Waals surface area contributed by atoms with Gasteiger partial charge >= 0.3 is 5.97 Å². The van der Waals surface area contributed by atoms with E-state index >= 15 is 0 Å². The molecule has 0 bridgehead atoms. The highest BCUT2D eigenvalue weighted by Gasteiger charge is 2.13. The first-order valence-corrected chi connectivity index (χ1v) is 7.62. The summed E-state index contributed by atoms with van der Waals surface area (Å²) in [5.74, 6) is -1.04. The normalized spacial score (nSPS) is 10.1. The van der Waals surface area contributed by atoms with Crippen molar-refractivity contribution in [2.75, 3.05) is 11.9 Å². The van der Waals surface area contributed by atoms with Crippen molar-refractivity contribution in [3.05, 3.63) is 63.1 Å². The number of carbonyl (C=O) groups is 2. The predicted octanol–water partition coefficient (Wildman–Crippen LogP) is 4.21. The number of anilines is 1. The van der Waals surface area contributed by atoms with Crippen LogP contribution in [0.4, 0.5) is 5.69 Å². The third-order valence-electron chi connectivity index (χ3n) is 2.89. The number of hydrogen-bond donors (Lipinski definition) is 1. The van der Waals surface area contributed by atoms with E-state index in [4.69, 9.17) is 16.3 Å². The van der Waals surface area contributed by atoms with Gasteiger partial charge in [0.2, 0.25) is 0 Å². The second-order valence-electron chi connectivity index (χ2n) is 4.56. The first-order valence-electron chi connectivity index (χ1n) is 6.45. The molecule has 2 aromatic rings. The van der Waals surface area contributed by atoms with E-state index in [-0.39, 0.29) is 17.2 Å². The number of nitrogens with one attached hydrogen (secondary N) is 1. The number of ether oxygens (including phenoxy) is 1. The molecule has 22 heavy (non-hydrogen) atoms. The van der Waals surface area contributed by atoms with Crippen molar-refractivity contribution in [3.63, 3.8) is 0 Å². The molecule has 2 aromatic carbocycles. The quantitative estimate of drug-likeness (QED) is 0.806. The van der Waals surface area contributed by atoms with E-state index in [1.165, 1.54) is 0 Å².